The molecule has 0 spiro atoms. The van der Waals surface area contributed by atoms with Gasteiger partial charge in [-0.3, -0.25) is 9.59 Å². The summed E-state index contributed by atoms with van der Waals surface area (Å²) in [6, 6.07) is 0. The van der Waals surface area contributed by atoms with E-state index in [0.29, 0.717) is 19.4 Å². The van der Waals surface area contributed by atoms with E-state index >= 15 is 0 Å². The third-order valence-electron chi connectivity index (χ3n) is 3.89. The maximum absolute atomic E-state index is 11.6. The van der Waals surface area contributed by atoms with Crippen LogP contribution in [0.4, 0.5) is 0 Å². The third kappa shape index (κ3) is 8.62. The molecule has 0 heterocycles. The minimum atomic E-state index is -0.739. The summed E-state index contributed by atoms with van der Waals surface area (Å²) in [5.41, 5.74) is 0. The Kier molecular flexibility index (Phi) is 8.26. The van der Waals surface area contributed by atoms with Crippen LogP contribution in [-0.4, -0.2) is 23.5 Å². The maximum Gasteiger partial charge on any atom is 0.303 e. The van der Waals surface area contributed by atoms with Gasteiger partial charge in [-0.25, -0.2) is 0 Å². The van der Waals surface area contributed by atoms with Crippen LogP contribution in [0, 0.1) is 5.92 Å². The number of rotatable bonds is 9. The van der Waals surface area contributed by atoms with Crippen LogP contribution in [-0.2, 0) is 9.59 Å². The Labute approximate surface area is 116 Å². The number of amides is 1. The molecule has 1 fully saturated rings. The summed E-state index contributed by atoms with van der Waals surface area (Å²) >= 11 is 0. The number of aliphatic carboxylic acids is 1. The molecule has 0 aromatic rings. The summed E-state index contributed by atoms with van der Waals surface area (Å²) in [6.07, 6.45) is 11.0. The van der Waals surface area contributed by atoms with Crippen molar-refractivity contribution in [3.8, 4) is 0 Å². The summed E-state index contributed by atoms with van der Waals surface area (Å²) in [5, 5.41) is 11.4. The molecule has 0 atom stereocenters. The molecule has 1 aliphatic carbocycles. The number of nitrogens with one attached hydrogen (secondary N) is 1. The highest BCUT2D eigenvalue weighted by Gasteiger charge is 2.14. The van der Waals surface area contributed by atoms with E-state index in [0.717, 1.165) is 25.2 Å². The summed E-state index contributed by atoms with van der Waals surface area (Å²) < 4.78 is 0. The highest BCUT2D eigenvalue weighted by Crippen LogP contribution is 2.27. The fourth-order valence-corrected chi connectivity index (χ4v) is 2.71. The standard InChI is InChI=1S/C15H27NO3/c17-14(11-10-13-7-3-1-4-8-13)16-12-6-2-5-9-15(18)19/h13H,1-12H2,(H,16,17)(H,18,19). The van der Waals surface area contributed by atoms with Gasteiger partial charge in [0.2, 0.25) is 5.91 Å². The highest BCUT2D eigenvalue weighted by molar-refractivity contribution is 5.75. The van der Waals surface area contributed by atoms with Crippen LogP contribution in [0.25, 0.3) is 0 Å². The number of carboxylic acids is 1. The lowest BCUT2D eigenvalue weighted by atomic mass is 9.86. The molecule has 0 aromatic heterocycles. The van der Waals surface area contributed by atoms with Gasteiger partial charge in [0.05, 0.1) is 0 Å². The van der Waals surface area contributed by atoms with Crippen molar-refractivity contribution in [2.75, 3.05) is 6.54 Å². The van der Waals surface area contributed by atoms with Gasteiger partial charge >= 0.3 is 5.97 Å². The number of hydrogen-bond acceptors (Lipinski definition) is 2. The lowest BCUT2D eigenvalue weighted by Gasteiger charge is -2.20. The first kappa shape index (κ1) is 16.0. The second-order valence-electron chi connectivity index (χ2n) is 5.60. The molecule has 1 rings (SSSR count). The zero-order valence-corrected chi connectivity index (χ0v) is 11.8. The Bertz CT molecular complexity index is 273. The molecule has 2 N–H and O–H groups in total. The van der Waals surface area contributed by atoms with Gasteiger partial charge in [-0.1, -0.05) is 38.5 Å². The van der Waals surface area contributed by atoms with E-state index in [1.807, 2.05) is 0 Å². The van der Waals surface area contributed by atoms with Gasteiger partial charge in [0, 0.05) is 19.4 Å². The molecular formula is C15H27NO3. The number of carbonyl (C=O) groups excluding carboxylic acids is 1. The zero-order valence-electron chi connectivity index (χ0n) is 11.8. The largest absolute Gasteiger partial charge is 0.481 e. The van der Waals surface area contributed by atoms with Crippen molar-refractivity contribution in [1.29, 1.82) is 0 Å². The smallest absolute Gasteiger partial charge is 0.303 e. The Morgan fingerprint density at radius 2 is 1.74 bits per heavy atom. The lowest BCUT2D eigenvalue weighted by molar-refractivity contribution is -0.137. The van der Waals surface area contributed by atoms with Crippen LogP contribution in [0.5, 0.6) is 0 Å². The van der Waals surface area contributed by atoms with E-state index < -0.39 is 5.97 Å². The molecule has 0 bridgehead atoms. The molecule has 1 saturated carbocycles. The normalized spacial score (nSPS) is 16.2. The summed E-state index contributed by atoms with van der Waals surface area (Å²) in [6.45, 7) is 0.684. The van der Waals surface area contributed by atoms with Gasteiger partial charge < -0.3 is 10.4 Å². The quantitative estimate of drug-likeness (QED) is 0.632. The Hall–Kier alpha value is -1.06. The highest BCUT2D eigenvalue weighted by atomic mass is 16.4. The SMILES string of the molecule is O=C(O)CCCCCNC(=O)CCC1CCCCC1. The van der Waals surface area contributed by atoms with Crippen molar-refractivity contribution in [2.45, 2.75) is 70.6 Å². The summed E-state index contributed by atoms with van der Waals surface area (Å²) in [7, 11) is 0. The summed E-state index contributed by atoms with van der Waals surface area (Å²) in [5.74, 6) is 0.176. The molecule has 0 aliphatic heterocycles. The molecule has 1 amide bonds. The van der Waals surface area contributed by atoms with Gasteiger partial charge in [-0.2, -0.15) is 0 Å². The van der Waals surface area contributed by atoms with Crippen molar-refractivity contribution in [2.24, 2.45) is 5.92 Å². The Morgan fingerprint density at radius 1 is 1.00 bits per heavy atom. The fraction of sp³-hybridized carbons (Fsp3) is 0.867. The van der Waals surface area contributed by atoms with E-state index in [4.69, 9.17) is 5.11 Å². The summed E-state index contributed by atoms with van der Waals surface area (Å²) in [4.78, 5) is 21.9. The molecule has 110 valence electrons. The van der Waals surface area contributed by atoms with Crippen molar-refractivity contribution < 1.29 is 14.7 Å². The van der Waals surface area contributed by atoms with Gasteiger partial charge in [0.15, 0.2) is 0 Å². The van der Waals surface area contributed by atoms with Crippen LogP contribution in [0.1, 0.15) is 70.6 Å². The minimum Gasteiger partial charge on any atom is -0.481 e. The molecule has 19 heavy (non-hydrogen) atoms. The van der Waals surface area contributed by atoms with Crippen LogP contribution < -0.4 is 5.32 Å². The van der Waals surface area contributed by atoms with Gasteiger partial charge in [0.25, 0.3) is 0 Å². The van der Waals surface area contributed by atoms with E-state index in [1.165, 1.54) is 32.1 Å². The number of carboxylic acid groups (broad SMARTS) is 1. The van der Waals surface area contributed by atoms with E-state index in [1.54, 1.807) is 0 Å². The van der Waals surface area contributed by atoms with Crippen molar-refractivity contribution in [3.63, 3.8) is 0 Å². The van der Waals surface area contributed by atoms with E-state index in [-0.39, 0.29) is 12.3 Å². The Morgan fingerprint density at radius 3 is 2.42 bits per heavy atom. The van der Waals surface area contributed by atoms with Gasteiger partial charge in [-0.15, -0.1) is 0 Å². The number of carbonyl (C=O) groups is 2. The number of hydrogen-bond donors (Lipinski definition) is 2. The lowest BCUT2D eigenvalue weighted by Crippen LogP contribution is -2.25. The van der Waals surface area contributed by atoms with Crippen LogP contribution in [0.2, 0.25) is 0 Å². The first-order chi connectivity index (χ1) is 9.18. The first-order valence-corrected chi connectivity index (χ1v) is 7.67. The first-order valence-electron chi connectivity index (χ1n) is 7.67. The molecule has 1 aliphatic rings. The van der Waals surface area contributed by atoms with E-state index in [9.17, 15) is 9.59 Å². The predicted molar refractivity (Wildman–Crippen MR) is 74.9 cm³/mol. The average Bonchev–Trinajstić information content (AvgIpc) is 2.41. The van der Waals surface area contributed by atoms with Gasteiger partial charge in [-0.05, 0) is 25.2 Å². The molecule has 0 aromatic carbocycles. The minimum absolute atomic E-state index is 0.156. The topological polar surface area (TPSA) is 66.4 Å². The van der Waals surface area contributed by atoms with Crippen LogP contribution in [0.3, 0.4) is 0 Å². The fourth-order valence-electron chi connectivity index (χ4n) is 2.71. The van der Waals surface area contributed by atoms with E-state index in [2.05, 4.69) is 5.32 Å². The Balaban J connectivity index is 1.91. The predicted octanol–water partition coefficient (Wildman–Crippen LogP) is 3.11. The van der Waals surface area contributed by atoms with Crippen LogP contribution >= 0.6 is 0 Å². The number of unbranched alkanes of at least 4 members (excludes halogenated alkanes) is 2. The van der Waals surface area contributed by atoms with Crippen molar-refractivity contribution in [1.82, 2.24) is 5.32 Å². The van der Waals surface area contributed by atoms with Gasteiger partial charge in [0.1, 0.15) is 0 Å². The van der Waals surface area contributed by atoms with Crippen LogP contribution in [0.15, 0.2) is 0 Å². The molecule has 0 saturated heterocycles. The monoisotopic (exact) mass is 269 g/mol. The van der Waals surface area contributed by atoms with Crippen molar-refractivity contribution >= 4 is 11.9 Å². The molecule has 0 unspecified atom stereocenters. The molecule has 0 radical (unpaired) electrons. The molecule has 4 heteroatoms. The molecular weight excluding hydrogens is 242 g/mol. The second kappa shape index (κ2) is 9.82. The zero-order chi connectivity index (χ0) is 13.9. The second-order valence-corrected chi connectivity index (χ2v) is 5.60. The average molecular weight is 269 g/mol. The third-order valence-corrected chi connectivity index (χ3v) is 3.89. The van der Waals surface area contributed by atoms with Crippen molar-refractivity contribution in [3.05, 3.63) is 0 Å². The molecule has 4 nitrogen and oxygen atoms in total. The maximum atomic E-state index is 11.6.